The molecule has 1 aromatic heterocycles. The Bertz CT molecular complexity index is 787. The fourth-order valence-corrected chi connectivity index (χ4v) is 3.44. The first-order valence-corrected chi connectivity index (χ1v) is 11.5. The van der Waals surface area contributed by atoms with E-state index >= 15 is 0 Å². The van der Waals surface area contributed by atoms with Gasteiger partial charge in [-0.25, -0.2) is 0 Å². The van der Waals surface area contributed by atoms with Gasteiger partial charge in [0.2, 0.25) is 0 Å². The Balaban J connectivity index is 0.00000166. The van der Waals surface area contributed by atoms with Gasteiger partial charge in [0, 0.05) is 19.3 Å². The maximum absolute atomic E-state index is 7.63. The minimum absolute atomic E-state index is 0.251. The molecule has 0 saturated carbocycles. The van der Waals surface area contributed by atoms with Crippen molar-refractivity contribution >= 4 is 17.9 Å². The van der Waals surface area contributed by atoms with Crippen LogP contribution in [0.5, 0.6) is 6.01 Å². The van der Waals surface area contributed by atoms with Crippen LogP contribution in [-0.4, -0.2) is 40.8 Å². The monoisotopic (exact) mass is 426 g/mol. The number of ether oxygens (including phenoxy) is 1. The third-order valence-electron chi connectivity index (χ3n) is 5.17. The van der Waals surface area contributed by atoms with Gasteiger partial charge in [-0.2, -0.15) is 9.97 Å². The van der Waals surface area contributed by atoms with Crippen molar-refractivity contribution in [3.05, 3.63) is 41.0 Å². The van der Waals surface area contributed by atoms with Crippen molar-refractivity contribution in [1.82, 2.24) is 14.9 Å². The topological polar surface area (TPSA) is 100 Å². The van der Waals surface area contributed by atoms with Gasteiger partial charge in [0.05, 0.1) is 12.2 Å². The maximum Gasteiger partial charge on any atom is 0.320 e. The molecule has 1 saturated heterocycles. The highest BCUT2D eigenvalue weighted by molar-refractivity contribution is 5.90. The molecule has 4 N–H and O–H groups in total. The summed E-state index contributed by atoms with van der Waals surface area (Å²) in [5, 5.41) is 10.9. The first kappa shape index (κ1) is 24.6. The molecule has 0 radical (unpaired) electrons. The van der Waals surface area contributed by atoms with Crippen LogP contribution in [0.4, 0.5) is 11.6 Å². The molecule has 1 aliphatic heterocycles. The average molecular weight is 427 g/mol. The smallest absolute Gasteiger partial charge is 0.320 e. The molecule has 2 aromatic rings. The molecule has 31 heavy (non-hydrogen) atoms. The quantitative estimate of drug-likeness (QED) is 0.370. The number of rotatable bonds is 10. The number of benzene rings is 1. The molecule has 0 amide bonds. The number of aromatic nitrogens is 2. The Morgan fingerprint density at radius 1 is 1.10 bits per heavy atom. The molecule has 0 aliphatic carbocycles. The molecule has 1 fully saturated rings. The summed E-state index contributed by atoms with van der Waals surface area (Å²) in [5.74, 6) is 0.775. The normalized spacial score (nSPS) is 13.8. The fraction of sp³-hybridized carbons (Fsp3) is 0.542. The second-order valence-electron chi connectivity index (χ2n) is 7.51. The second kappa shape index (κ2) is 13.6. The van der Waals surface area contributed by atoms with Crippen LogP contribution in [0.15, 0.2) is 24.3 Å². The van der Waals surface area contributed by atoms with Crippen LogP contribution in [0.25, 0.3) is 0 Å². The largest absolute Gasteiger partial charge is 0.463 e. The summed E-state index contributed by atoms with van der Waals surface area (Å²) in [6.45, 7) is 10.7. The Labute approximate surface area is 186 Å². The van der Waals surface area contributed by atoms with E-state index in [1.807, 2.05) is 13.8 Å². The third-order valence-corrected chi connectivity index (χ3v) is 5.17. The van der Waals surface area contributed by atoms with E-state index in [1.165, 1.54) is 44.1 Å². The molecular formula is C24H38N6O. The number of hydrogen-bond acceptors (Lipinski definition) is 7. The van der Waals surface area contributed by atoms with Crippen molar-refractivity contribution in [3.63, 3.8) is 0 Å². The van der Waals surface area contributed by atoms with Crippen LogP contribution < -0.4 is 15.8 Å². The van der Waals surface area contributed by atoms with E-state index < -0.39 is 0 Å². The van der Waals surface area contributed by atoms with Crippen LogP contribution >= 0.6 is 0 Å². The number of hydrogen-bond donors (Lipinski definition) is 3. The lowest BCUT2D eigenvalue weighted by molar-refractivity contribution is 0.221. The zero-order valence-corrected chi connectivity index (χ0v) is 19.3. The Hall–Kier alpha value is -2.67. The number of unbranched alkanes of at least 4 members (excludes halogenated alkanes) is 1. The van der Waals surface area contributed by atoms with Crippen molar-refractivity contribution in [2.75, 3.05) is 30.7 Å². The lowest BCUT2D eigenvalue weighted by Gasteiger charge is -2.26. The van der Waals surface area contributed by atoms with Crippen LogP contribution in [0.1, 0.15) is 69.6 Å². The third kappa shape index (κ3) is 7.83. The van der Waals surface area contributed by atoms with Crippen molar-refractivity contribution in [2.24, 2.45) is 0 Å². The second-order valence-corrected chi connectivity index (χ2v) is 7.51. The number of nitrogens with zero attached hydrogens (tertiary/aromatic N) is 3. The first-order chi connectivity index (χ1) is 15.2. The maximum atomic E-state index is 7.63. The first-order valence-electron chi connectivity index (χ1n) is 11.5. The van der Waals surface area contributed by atoms with E-state index in [0.29, 0.717) is 24.5 Å². The summed E-state index contributed by atoms with van der Waals surface area (Å²) < 4.78 is 5.59. The van der Waals surface area contributed by atoms with Gasteiger partial charge in [-0.05, 0) is 43.5 Å². The molecule has 7 heteroatoms. The van der Waals surface area contributed by atoms with Crippen molar-refractivity contribution in [2.45, 2.75) is 66.0 Å². The summed E-state index contributed by atoms with van der Waals surface area (Å²) in [5.41, 5.74) is 8.96. The predicted molar refractivity (Wildman–Crippen MR) is 129 cm³/mol. The zero-order chi connectivity index (χ0) is 22.5. The van der Waals surface area contributed by atoms with E-state index in [4.69, 9.17) is 15.9 Å². The van der Waals surface area contributed by atoms with E-state index in [2.05, 4.69) is 51.4 Å². The van der Waals surface area contributed by atoms with Gasteiger partial charge in [-0.1, -0.05) is 57.9 Å². The number of likely N-dealkylation sites (tertiary alicyclic amines) is 1. The number of anilines is 2. The van der Waals surface area contributed by atoms with Crippen molar-refractivity contribution in [1.29, 1.82) is 5.41 Å². The molecule has 0 atom stereocenters. The zero-order valence-electron chi connectivity index (χ0n) is 19.3. The fourth-order valence-electron chi connectivity index (χ4n) is 3.44. The minimum atomic E-state index is 0.251. The van der Waals surface area contributed by atoms with E-state index in [-0.39, 0.29) is 11.8 Å². The van der Waals surface area contributed by atoms with Crippen LogP contribution in [-0.2, 0) is 13.1 Å². The highest BCUT2D eigenvalue weighted by atomic mass is 16.5. The lowest BCUT2D eigenvalue weighted by Crippen LogP contribution is -2.29. The average Bonchev–Trinajstić information content (AvgIpc) is 2.81. The van der Waals surface area contributed by atoms with Gasteiger partial charge in [0.15, 0.2) is 0 Å². The Kier molecular flexibility index (Phi) is 10.8. The number of nitrogens with one attached hydrogen (secondary N) is 2. The molecule has 0 spiro atoms. The van der Waals surface area contributed by atoms with Gasteiger partial charge in [0.25, 0.3) is 0 Å². The Morgan fingerprint density at radius 3 is 2.42 bits per heavy atom. The molecular weight excluding hydrogens is 388 g/mol. The van der Waals surface area contributed by atoms with Crippen LogP contribution in [0.2, 0.25) is 0 Å². The number of piperidine rings is 1. The highest BCUT2D eigenvalue weighted by Gasteiger charge is 2.12. The number of nitrogen functional groups attached to an aromatic ring is 1. The summed E-state index contributed by atoms with van der Waals surface area (Å²) in [6.07, 6.45) is 7.12. The van der Waals surface area contributed by atoms with Crippen molar-refractivity contribution < 1.29 is 4.74 Å². The van der Waals surface area contributed by atoms with E-state index in [0.717, 1.165) is 24.9 Å². The summed E-state index contributed by atoms with van der Waals surface area (Å²) in [7, 11) is 0. The molecule has 2 heterocycles. The Morgan fingerprint density at radius 2 is 1.77 bits per heavy atom. The molecule has 1 aliphatic rings. The van der Waals surface area contributed by atoms with E-state index in [9.17, 15) is 0 Å². The summed E-state index contributed by atoms with van der Waals surface area (Å²) >= 11 is 0. The van der Waals surface area contributed by atoms with Crippen LogP contribution in [0, 0.1) is 5.41 Å². The summed E-state index contributed by atoms with van der Waals surface area (Å²) in [6, 6.07) is 8.91. The standard InChI is InChI=1S/C22H32N6O.C2H6/c1-2-3-13-29-22-26-20(24)19(14-23)21(27-22)25-15-17-7-9-18(10-8-17)16-28-11-5-4-6-12-28;1-2/h7-10,14,23H,2-6,11-13,15-16H2,1H3,(H3,24,25,26,27);1-2H3. The van der Waals surface area contributed by atoms with Gasteiger partial charge >= 0.3 is 6.01 Å². The SMILES string of the molecule is CC.CCCCOc1nc(N)c(C=N)c(NCc2ccc(CN3CCCCC3)cc2)n1. The van der Waals surface area contributed by atoms with Gasteiger partial charge in [-0.15, -0.1) is 0 Å². The van der Waals surface area contributed by atoms with Gasteiger partial charge in [-0.3, -0.25) is 4.90 Å². The van der Waals surface area contributed by atoms with Crippen LogP contribution in [0.3, 0.4) is 0 Å². The molecule has 1 aromatic carbocycles. The summed E-state index contributed by atoms with van der Waals surface area (Å²) in [4.78, 5) is 11.1. The minimum Gasteiger partial charge on any atom is -0.463 e. The molecule has 0 unspecified atom stereocenters. The van der Waals surface area contributed by atoms with Crippen molar-refractivity contribution in [3.8, 4) is 6.01 Å². The molecule has 7 nitrogen and oxygen atoms in total. The van der Waals surface area contributed by atoms with Gasteiger partial charge in [0.1, 0.15) is 11.6 Å². The lowest BCUT2D eigenvalue weighted by atomic mass is 10.1. The van der Waals surface area contributed by atoms with Gasteiger partial charge < -0.3 is 21.2 Å². The van der Waals surface area contributed by atoms with E-state index in [1.54, 1.807) is 0 Å². The number of nitrogens with two attached hydrogens (primary N) is 1. The predicted octanol–water partition coefficient (Wildman–Crippen LogP) is 4.86. The highest BCUT2D eigenvalue weighted by Crippen LogP contribution is 2.21. The molecule has 3 rings (SSSR count). The molecule has 170 valence electrons. The molecule has 0 bridgehead atoms.